The Morgan fingerprint density at radius 2 is 1.67 bits per heavy atom. The number of hydrogen-bond acceptors (Lipinski definition) is 3. The molecule has 0 aromatic rings. The van der Waals surface area contributed by atoms with Gasteiger partial charge in [0.05, 0.1) is 0 Å². The summed E-state index contributed by atoms with van der Waals surface area (Å²) in [6.45, 7) is 0. The van der Waals surface area contributed by atoms with Crippen LogP contribution in [0.4, 0.5) is 17.6 Å². The molecule has 0 aliphatic carbocycles. The number of alkyl halides is 4. The van der Waals surface area contributed by atoms with E-state index in [0.717, 1.165) is 0 Å². The van der Waals surface area contributed by atoms with E-state index in [1.54, 1.807) is 0 Å². The van der Waals surface area contributed by atoms with Crippen LogP contribution in [0.5, 0.6) is 0 Å². The van der Waals surface area contributed by atoms with Gasteiger partial charge in [0.25, 0.3) is 10.1 Å². The number of hydrogen-bond donors (Lipinski definition) is 2. The molecule has 0 heterocycles. The van der Waals surface area contributed by atoms with Crippen molar-refractivity contribution in [2.45, 2.75) is 37.4 Å². The van der Waals surface area contributed by atoms with Crippen molar-refractivity contribution in [3.05, 3.63) is 0 Å². The predicted octanol–water partition coefficient (Wildman–Crippen LogP) is 2.45. The zero-order chi connectivity index (χ0) is 11.4. The normalized spacial score (nSPS) is 14.5. The standard InChI is InChI=1S/C6H10F4O3S.H3N/c7-5(14(11,12)13)3-1-2-4-6(8,9)10;/h5H,1-4H2,(H,11,12,13);1H3. The Kier molecular flexibility index (Phi) is 7.06. The minimum absolute atomic E-state index is 0. The lowest BCUT2D eigenvalue weighted by molar-refractivity contribution is -0.135. The van der Waals surface area contributed by atoms with E-state index >= 15 is 0 Å². The summed E-state index contributed by atoms with van der Waals surface area (Å²) >= 11 is 0. The van der Waals surface area contributed by atoms with Gasteiger partial charge >= 0.3 is 6.18 Å². The first kappa shape index (κ1) is 17.0. The highest BCUT2D eigenvalue weighted by molar-refractivity contribution is 7.86. The summed E-state index contributed by atoms with van der Waals surface area (Å²) in [5.74, 6) is 0. The molecule has 1 unspecified atom stereocenters. The monoisotopic (exact) mass is 255 g/mol. The topological polar surface area (TPSA) is 89.4 Å². The molecule has 0 fully saturated rings. The second-order valence-electron chi connectivity index (χ2n) is 2.79. The number of rotatable bonds is 5. The van der Waals surface area contributed by atoms with Crippen molar-refractivity contribution in [3.8, 4) is 0 Å². The molecular weight excluding hydrogens is 242 g/mol. The van der Waals surface area contributed by atoms with Gasteiger partial charge in [-0.1, -0.05) is 0 Å². The van der Waals surface area contributed by atoms with Crippen molar-refractivity contribution in [3.63, 3.8) is 0 Å². The zero-order valence-electron chi connectivity index (χ0n) is 7.80. The van der Waals surface area contributed by atoms with Gasteiger partial charge in [-0.15, -0.1) is 0 Å². The Hall–Kier alpha value is -0.410. The lowest BCUT2D eigenvalue weighted by atomic mass is 10.2. The third kappa shape index (κ3) is 9.88. The van der Waals surface area contributed by atoms with Crippen molar-refractivity contribution in [2.75, 3.05) is 0 Å². The average molecular weight is 255 g/mol. The first-order valence-corrected chi connectivity index (χ1v) is 5.30. The Morgan fingerprint density at radius 3 is 2.00 bits per heavy atom. The molecule has 0 aromatic heterocycles. The molecule has 94 valence electrons. The van der Waals surface area contributed by atoms with Crippen molar-refractivity contribution in [1.29, 1.82) is 0 Å². The second-order valence-corrected chi connectivity index (χ2v) is 4.33. The van der Waals surface area contributed by atoms with Gasteiger partial charge in [0.2, 0.25) is 5.50 Å². The molecule has 0 rings (SSSR count). The summed E-state index contributed by atoms with van der Waals surface area (Å²) < 4.78 is 75.4. The van der Waals surface area contributed by atoms with E-state index in [-0.39, 0.29) is 19.0 Å². The quantitative estimate of drug-likeness (QED) is 0.448. The largest absolute Gasteiger partial charge is 0.389 e. The molecule has 1 atom stereocenters. The fourth-order valence-corrected chi connectivity index (χ4v) is 1.24. The van der Waals surface area contributed by atoms with Crippen molar-refractivity contribution >= 4 is 10.1 Å². The highest BCUT2D eigenvalue weighted by atomic mass is 32.2. The summed E-state index contributed by atoms with van der Waals surface area (Å²) in [7, 11) is -4.77. The second kappa shape index (κ2) is 6.23. The maximum Gasteiger partial charge on any atom is 0.389 e. The first-order chi connectivity index (χ1) is 6.13. The van der Waals surface area contributed by atoms with Crippen molar-refractivity contribution in [2.24, 2.45) is 0 Å². The van der Waals surface area contributed by atoms with Crippen LogP contribution in [-0.4, -0.2) is 24.7 Å². The highest BCUT2D eigenvalue weighted by Gasteiger charge is 2.27. The van der Waals surface area contributed by atoms with Crippen molar-refractivity contribution < 1.29 is 30.5 Å². The van der Waals surface area contributed by atoms with Gasteiger partial charge in [0.1, 0.15) is 0 Å². The van der Waals surface area contributed by atoms with Crippen LogP contribution in [0, 0.1) is 0 Å². The molecule has 4 nitrogen and oxygen atoms in total. The van der Waals surface area contributed by atoms with E-state index < -0.39 is 34.6 Å². The van der Waals surface area contributed by atoms with Gasteiger partial charge < -0.3 is 6.15 Å². The van der Waals surface area contributed by atoms with Crippen LogP contribution in [0.2, 0.25) is 0 Å². The third-order valence-electron chi connectivity index (χ3n) is 1.46. The molecule has 9 heteroatoms. The zero-order valence-corrected chi connectivity index (χ0v) is 8.61. The maximum atomic E-state index is 12.4. The molecule has 4 N–H and O–H groups in total. The summed E-state index contributed by atoms with van der Waals surface area (Å²) in [6.07, 6.45) is -6.59. The van der Waals surface area contributed by atoms with E-state index in [2.05, 4.69) is 0 Å². The summed E-state index contributed by atoms with van der Waals surface area (Å²) in [5.41, 5.74) is -2.49. The molecule has 0 saturated carbocycles. The molecule has 0 amide bonds. The Balaban J connectivity index is 0. The van der Waals surface area contributed by atoms with E-state index in [1.807, 2.05) is 0 Å². The molecule has 0 aliphatic rings. The van der Waals surface area contributed by atoms with E-state index in [1.165, 1.54) is 0 Å². The average Bonchev–Trinajstić information content (AvgIpc) is 1.93. The lowest BCUT2D eigenvalue weighted by Gasteiger charge is -2.06. The molecule has 0 radical (unpaired) electrons. The molecule has 0 aromatic carbocycles. The molecule has 0 spiro atoms. The van der Waals surface area contributed by atoms with Gasteiger partial charge in [-0.2, -0.15) is 21.6 Å². The van der Waals surface area contributed by atoms with Gasteiger partial charge in [0, 0.05) is 6.42 Å². The van der Waals surface area contributed by atoms with E-state index in [0.29, 0.717) is 0 Å². The van der Waals surface area contributed by atoms with E-state index in [4.69, 9.17) is 4.55 Å². The van der Waals surface area contributed by atoms with Crippen LogP contribution in [0.25, 0.3) is 0 Å². The summed E-state index contributed by atoms with van der Waals surface area (Å²) in [6, 6.07) is 0. The van der Waals surface area contributed by atoms with Crippen LogP contribution in [-0.2, 0) is 10.1 Å². The van der Waals surface area contributed by atoms with Crippen molar-refractivity contribution in [1.82, 2.24) is 6.15 Å². The molecule has 0 bridgehead atoms. The maximum absolute atomic E-state index is 12.4. The summed E-state index contributed by atoms with van der Waals surface area (Å²) in [4.78, 5) is 0. The van der Waals surface area contributed by atoms with Gasteiger partial charge in [0.15, 0.2) is 0 Å². The van der Waals surface area contributed by atoms with Gasteiger partial charge in [-0.3, -0.25) is 4.55 Å². The molecular formula is C6H13F4NO3S. The summed E-state index contributed by atoms with van der Waals surface area (Å²) in [5, 5.41) is 0. The Morgan fingerprint density at radius 1 is 1.20 bits per heavy atom. The third-order valence-corrected chi connectivity index (χ3v) is 2.35. The smallest absolute Gasteiger partial charge is 0.344 e. The first-order valence-electron chi connectivity index (χ1n) is 3.80. The lowest BCUT2D eigenvalue weighted by Crippen LogP contribution is -2.15. The Bertz CT molecular complexity index is 264. The van der Waals surface area contributed by atoms with Crippen LogP contribution >= 0.6 is 0 Å². The van der Waals surface area contributed by atoms with Crippen LogP contribution in [0.15, 0.2) is 0 Å². The fourth-order valence-electron chi connectivity index (χ4n) is 0.779. The Labute approximate surface area is 85.0 Å². The molecule has 15 heavy (non-hydrogen) atoms. The molecule has 0 saturated heterocycles. The van der Waals surface area contributed by atoms with E-state index in [9.17, 15) is 26.0 Å². The molecule has 0 aliphatic heterocycles. The van der Waals surface area contributed by atoms with Crippen LogP contribution in [0.1, 0.15) is 25.7 Å². The van der Waals surface area contributed by atoms with Crippen LogP contribution in [0.3, 0.4) is 0 Å². The number of unbranched alkanes of at least 4 members (excludes halogenated alkanes) is 1. The van der Waals surface area contributed by atoms with Gasteiger partial charge in [-0.25, -0.2) is 4.39 Å². The fraction of sp³-hybridized carbons (Fsp3) is 1.00. The van der Waals surface area contributed by atoms with Gasteiger partial charge in [-0.05, 0) is 19.3 Å². The highest BCUT2D eigenvalue weighted by Crippen LogP contribution is 2.23. The minimum atomic E-state index is -4.77. The SMILES string of the molecule is N.O=S(=O)(O)C(F)CCCCC(F)(F)F. The van der Waals surface area contributed by atoms with Crippen LogP contribution < -0.4 is 6.15 Å². The predicted molar refractivity (Wildman–Crippen MR) is 46.0 cm³/mol. The minimum Gasteiger partial charge on any atom is -0.344 e. The number of halogens is 4.